The summed E-state index contributed by atoms with van der Waals surface area (Å²) < 4.78 is 26.5. The number of rotatable bonds is 2. The van der Waals surface area contributed by atoms with E-state index in [-0.39, 0.29) is 22.7 Å². The van der Waals surface area contributed by atoms with Crippen molar-refractivity contribution in [1.82, 2.24) is 14.2 Å². The van der Waals surface area contributed by atoms with Gasteiger partial charge >= 0.3 is 0 Å². The molecule has 20 heavy (non-hydrogen) atoms. The van der Waals surface area contributed by atoms with E-state index in [2.05, 4.69) is 4.98 Å². The number of hydrogen-bond donors (Lipinski definition) is 1. The van der Waals surface area contributed by atoms with E-state index in [4.69, 9.17) is 5.73 Å². The molecule has 1 atom stereocenters. The summed E-state index contributed by atoms with van der Waals surface area (Å²) in [7, 11) is -3.56. The van der Waals surface area contributed by atoms with E-state index in [1.54, 1.807) is 4.90 Å². The normalized spacial score (nSPS) is 23.9. The number of piperazine rings is 1. The van der Waals surface area contributed by atoms with Gasteiger partial charge in [0.2, 0.25) is 15.9 Å². The number of fused-ring (bicyclic) bond motifs is 1. The molecule has 0 radical (unpaired) electrons. The number of pyridine rings is 1. The maximum absolute atomic E-state index is 12.5. The summed E-state index contributed by atoms with van der Waals surface area (Å²) in [6.07, 6.45) is 2.52. The molecule has 1 amide bonds. The van der Waals surface area contributed by atoms with Crippen LogP contribution in [0.25, 0.3) is 0 Å². The SMILES string of the molecule is Nc1ccc(S(=O)(=O)N2CCN3C(=O)CCC3C2)cn1. The predicted molar refractivity (Wildman–Crippen MR) is 72.1 cm³/mol. The molecular weight excluding hydrogens is 280 g/mol. The van der Waals surface area contributed by atoms with Gasteiger partial charge in [-0.1, -0.05) is 0 Å². The van der Waals surface area contributed by atoms with Crippen molar-refractivity contribution in [3.8, 4) is 0 Å². The van der Waals surface area contributed by atoms with Crippen LogP contribution in [-0.4, -0.2) is 54.2 Å². The van der Waals surface area contributed by atoms with Crippen LogP contribution in [0.15, 0.2) is 23.2 Å². The third-order valence-electron chi connectivity index (χ3n) is 3.85. The summed E-state index contributed by atoms with van der Waals surface area (Å²) >= 11 is 0. The first-order chi connectivity index (χ1) is 9.48. The van der Waals surface area contributed by atoms with Gasteiger partial charge in [0, 0.05) is 38.3 Å². The predicted octanol–water partition coefficient (Wildman–Crippen LogP) is -0.341. The summed E-state index contributed by atoms with van der Waals surface area (Å²) in [6, 6.07) is 2.94. The molecule has 2 aliphatic rings. The number of aromatic nitrogens is 1. The minimum atomic E-state index is -3.56. The maximum atomic E-state index is 12.5. The molecule has 1 unspecified atom stereocenters. The minimum Gasteiger partial charge on any atom is -0.384 e. The Morgan fingerprint density at radius 1 is 1.30 bits per heavy atom. The molecule has 0 aromatic carbocycles. The number of amides is 1. The Balaban J connectivity index is 1.82. The van der Waals surface area contributed by atoms with Crippen LogP contribution in [-0.2, 0) is 14.8 Å². The molecule has 0 bridgehead atoms. The summed E-state index contributed by atoms with van der Waals surface area (Å²) in [4.78, 5) is 17.4. The quantitative estimate of drug-likeness (QED) is 0.805. The average molecular weight is 296 g/mol. The Kier molecular flexibility index (Phi) is 3.14. The zero-order chi connectivity index (χ0) is 14.3. The number of carbonyl (C=O) groups excluding carboxylic acids is 1. The number of nitrogen functional groups attached to an aromatic ring is 1. The molecule has 2 fully saturated rings. The third-order valence-corrected chi connectivity index (χ3v) is 5.70. The number of anilines is 1. The van der Waals surface area contributed by atoms with Gasteiger partial charge in [0.05, 0.1) is 0 Å². The molecule has 2 aliphatic heterocycles. The van der Waals surface area contributed by atoms with E-state index in [0.717, 1.165) is 6.42 Å². The molecule has 3 heterocycles. The second-order valence-electron chi connectivity index (χ2n) is 5.06. The summed E-state index contributed by atoms with van der Waals surface area (Å²) in [6.45, 7) is 1.15. The molecule has 0 spiro atoms. The molecular formula is C12H16N4O3S. The second-order valence-corrected chi connectivity index (χ2v) is 7.00. The van der Waals surface area contributed by atoms with Crippen LogP contribution in [0.4, 0.5) is 5.82 Å². The first kappa shape index (κ1) is 13.3. The van der Waals surface area contributed by atoms with Crippen molar-refractivity contribution in [2.75, 3.05) is 25.4 Å². The van der Waals surface area contributed by atoms with Gasteiger partial charge < -0.3 is 10.6 Å². The van der Waals surface area contributed by atoms with Crippen molar-refractivity contribution in [3.05, 3.63) is 18.3 Å². The minimum absolute atomic E-state index is 0.00719. The van der Waals surface area contributed by atoms with Crippen LogP contribution in [0.2, 0.25) is 0 Å². The third kappa shape index (κ3) is 2.14. The molecule has 0 aliphatic carbocycles. The van der Waals surface area contributed by atoms with Crippen molar-refractivity contribution in [1.29, 1.82) is 0 Å². The lowest BCUT2D eigenvalue weighted by atomic mass is 10.2. The highest BCUT2D eigenvalue weighted by molar-refractivity contribution is 7.89. The van der Waals surface area contributed by atoms with E-state index in [1.807, 2.05) is 0 Å². The Morgan fingerprint density at radius 3 is 2.80 bits per heavy atom. The standard InChI is InChI=1S/C12H16N4O3S/c13-11-3-2-10(7-14-11)20(18,19)15-5-6-16-9(8-15)1-4-12(16)17/h2-3,7,9H,1,4-6,8H2,(H2,13,14). The summed E-state index contributed by atoms with van der Waals surface area (Å²) in [5.41, 5.74) is 5.47. The lowest BCUT2D eigenvalue weighted by molar-refractivity contribution is -0.130. The summed E-state index contributed by atoms with van der Waals surface area (Å²) in [5.74, 6) is 0.413. The van der Waals surface area contributed by atoms with Crippen LogP contribution >= 0.6 is 0 Å². The topological polar surface area (TPSA) is 96.6 Å². The highest BCUT2D eigenvalue weighted by Gasteiger charge is 2.39. The Bertz CT molecular complexity index is 629. The van der Waals surface area contributed by atoms with Gasteiger partial charge in [0.25, 0.3) is 0 Å². The number of carbonyl (C=O) groups is 1. The second kappa shape index (κ2) is 4.71. The van der Waals surface area contributed by atoms with Gasteiger partial charge in [-0.25, -0.2) is 13.4 Å². The van der Waals surface area contributed by atoms with Gasteiger partial charge in [-0.2, -0.15) is 4.31 Å². The fourth-order valence-electron chi connectivity index (χ4n) is 2.75. The number of nitrogens with zero attached hydrogens (tertiary/aromatic N) is 3. The first-order valence-corrected chi connectivity index (χ1v) is 7.93. The van der Waals surface area contributed by atoms with Crippen molar-refractivity contribution >= 4 is 21.7 Å². The van der Waals surface area contributed by atoms with Gasteiger partial charge in [-0.05, 0) is 18.6 Å². The molecule has 8 heteroatoms. The van der Waals surface area contributed by atoms with Gasteiger partial charge in [-0.3, -0.25) is 4.79 Å². The molecule has 1 aromatic rings. The van der Waals surface area contributed by atoms with E-state index in [1.165, 1.54) is 22.6 Å². The fourth-order valence-corrected chi connectivity index (χ4v) is 4.16. The number of sulfonamides is 1. The summed E-state index contributed by atoms with van der Waals surface area (Å²) in [5, 5.41) is 0. The van der Waals surface area contributed by atoms with Gasteiger partial charge in [0.1, 0.15) is 10.7 Å². The molecule has 0 saturated carbocycles. The zero-order valence-electron chi connectivity index (χ0n) is 10.9. The van der Waals surface area contributed by atoms with E-state index >= 15 is 0 Å². The van der Waals surface area contributed by atoms with Crippen LogP contribution in [0.5, 0.6) is 0 Å². The first-order valence-electron chi connectivity index (χ1n) is 6.49. The van der Waals surface area contributed by atoms with E-state index in [9.17, 15) is 13.2 Å². The molecule has 2 N–H and O–H groups in total. The van der Waals surface area contributed by atoms with Crippen molar-refractivity contribution in [2.45, 2.75) is 23.8 Å². The molecule has 2 saturated heterocycles. The van der Waals surface area contributed by atoms with Gasteiger partial charge in [0.15, 0.2) is 0 Å². The zero-order valence-corrected chi connectivity index (χ0v) is 11.7. The lowest BCUT2D eigenvalue weighted by Gasteiger charge is -2.36. The Labute approximate surface area is 117 Å². The Morgan fingerprint density at radius 2 is 2.10 bits per heavy atom. The maximum Gasteiger partial charge on any atom is 0.244 e. The highest BCUT2D eigenvalue weighted by Crippen LogP contribution is 2.26. The molecule has 3 rings (SSSR count). The molecule has 7 nitrogen and oxygen atoms in total. The largest absolute Gasteiger partial charge is 0.384 e. The van der Waals surface area contributed by atoms with Crippen LogP contribution in [0, 0.1) is 0 Å². The van der Waals surface area contributed by atoms with E-state index < -0.39 is 10.0 Å². The van der Waals surface area contributed by atoms with Crippen LogP contribution < -0.4 is 5.73 Å². The number of hydrogen-bond acceptors (Lipinski definition) is 5. The van der Waals surface area contributed by atoms with Crippen molar-refractivity contribution in [3.63, 3.8) is 0 Å². The molecule has 108 valence electrons. The monoisotopic (exact) mass is 296 g/mol. The van der Waals surface area contributed by atoms with Gasteiger partial charge in [-0.15, -0.1) is 0 Å². The Hall–Kier alpha value is -1.67. The average Bonchev–Trinajstić information content (AvgIpc) is 2.80. The highest BCUT2D eigenvalue weighted by atomic mass is 32.2. The van der Waals surface area contributed by atoms with E-state index in [0.29, 0.717) is 26.1 Å². The van der Waals surface area contributed by atoms with Crippen LogP contribution in [0.3, 0.4) is 0 Å². The number of nitrogens with two attached hydrogens (primary N) is 1. The smallest absolute Gasteiger partial charge is 0.244 e. The van der Waals surface area contributed by atoms with Crippen molar-refractivity contribution in [2.24, 2.45) is 0 Å². The van der Waals surface area contributed by atoms with Crippen molar-refractivity contribution < 1.29 is 13.2 Å². The fraction of sp³-hybridized carbons (Fsp3) is 0.500. The lowest BCUT2D eigenvalue weighted by Crippen LogP contribution is -2.53. The van der Waals surface area contributed by atoms with Crippen LogP contribution in [0.1, 0.15) is 12.8 Å². The molecule has 1 aromatic heterocycles.